The van der Waals surface area contributed by atoms with Gasteiger partial charge in [0.2, 0.25) is 5.89 Å². The van der Waals surface area contributed by atoms with Gasteiger partial charge in [0.25, 0.3) is 5.91 Å². The van der Waals surface area contributed by atoms with Crippen LogP contribution in [-0.2, 0) is 17.6 Å². The quantitative estimate of drug-likeness (QED) is 0.0803. The molecule has 1 amide bonds. The van der Waals surface area contributed by atoms with Gasteiger partial charge >= 0.3 is 0 Å². The maximum Gasteiger partial charge on any atom is 0.275 e. The van der Waals surface area contributed by atoms with E-state index in [1.807, 2.05) is 48.6 Å². The molecule has 1 aromatic heterocycles. The number of halogens is 1. The van der Waals surface area contributed by atoms with Crippen molar-refractivity contribution in [3.63, 3.8) is 0 Å². The molecule has 0 spiro atoms. The molecular weight excluding hydrogens is 558 g/mol. The Morgan fingerprint density at radius 3 is 2.58 bits per heavy atom. The first kappa shape index (κ1) is 32.1. The number of hydrogen-bond acceptors (Lipinski definition) is 4. The Balaban J connectivity index is 1.53. The summed E-state index contributed by atoms with van der Waals surface area (Å²) in [4.78, 5) is 17.1. The summed E-state index contributed by atoms with van der Waals surface area (Å²) in [6.07, 6.45) is 8.06. The minimum Gasteiger partial charge on any atom is -0.493 e. The monoisotopic (exact) mass is 600 g/mol. The first-order valence-corrected chi connectivity index (χ1v) is 15.4. The molecule has 4 rings (SSSR count). The van der Waals surface area contributed by atoms with Crippen LogP contribution in [-0.4, -0.2) is 55.7 Å². The molecule has 0 saturated carbocycles. The van der Waals surface area contributed by atoms with E-state index in [9.17, 15) is 4.79 Å². The third-order valence-corrected chi connectivity index (χ3v) is 7.69. The van der Waals surface area contributed by atoms with Crippen LogP contribution in [0.1, 0.15) is 37.3 Å². The highest BCUT2D eigenvalue weighted by Crippen LogP contribution is 2.37. The van der Waals surface area contributed by atoms with E-state index < -0.39 is 0 Å². The number of fused-ring (bicyclic) bond motifs is 1. The lowest BCUT2D eigenvalue weighted by atomic mass is 9.97. The van der Waals surface area contributed by atoms with Crippen LogP contribution < -0.4 is 10.1 Å². The lowest BCUT2D eigenvalue weighted by molar-refractivity contribution is -0.882. The summed E-state index contributed by atoms with van der Waals surface area (Å²) in [5, 5.41) is 3.60. The normalized spacial score (nSPS) is 11.4. The third-order valence-electron chi connectivity index (χ3n) is 7.36. The highest BCUT2D eigenvalue weighted by Gasteiger charge is 2.20. The average molecular weight is 601 g/mol. The van der Waals surface area contributed by atoms with Gasteiger partial charge in [-0.05, 0) is 72.4 Å². The van der Waals surface area contributed by atoms with Gasteiger partial charge in [-0.25, -0.2) is 4.98 Å². The second kappa shape index (κ2) is 15.0. The summed E-state index contributed by atoms with van der Waals surface area (Å²) in [6, 6.07) is 18.0. The number of amides is 1. The number of allylic oxidation sites excluding steroid dienone is 2. The fourth-order valence-electron chi connectivity index (χ4n) is 5.15. The Labute approximate surface area is 260 Å². The number of nitrogens with one attached hydrogen (secondary N) is 1. The number of hydrogen-bond donors (Lipinski definition) is 1. The van der Waals surface area contributed by atoms with Crippen molar-refractivity contribution in [2.75, 3.05) is 40.3 Å². The summed E-state index contributed by atoms with van der Waals surface area (Å²) >= 11 is 6.46. The van der Waals surface area contributed by atoms with Gasteiger partial charge in [-0.2, -0.15) is 0 Å². The Morgan fingerprint density at radius 1 is 1.05 bits per heavy atom. The summed E-state index contributed by atoms with van der Waals surface area (Å²) in [6.45, 7) is 12.6. The van der Waals surface area contributed by atoms with Crippen molar-refractivity contribution >= 4 is 28.6 Å². The summed E-state index contributed by atoms with van der Waals surface area (Å²) in [7, 11) is 4.17. The van der Waals surface area contributed by atoms with Crippen LogP contribution in [0.4, 0.5) is 0 Å². The largest absolute Gasteiger partial charge is 0.493 e. The van der Waals surface area contributed by atoms with Crippen molar-refractivity contribution in [1.82, 2.24) is 10.3 Å². The number of ether oxygens (including phenoxy) is 1. The van der Waals surface area contributed by atoms with Gasteiger partial charge in [0.15, 0.2) is 12.1 Å². The van der Waals surface area contributed by atoms with E-state index in [4.69, 9.17) is 25.7 Å². The molecule has 0 fully saturated rings. The molecule has 0 radical (unpaired) electrons. The van der Waals surface area contributed by atoms with Gasteiger partial charge in [-0.15, -0.1) is 13.2 Å². The van der Waals surface area contributed by atoms with Crippen LogP contribution >= 0.6 is 11.6 Å². The molecule has 0 aliphatic rings. The molecule has 0 saturated heterocycles. The van der Waals surface area contributed by atoms with Crippen molar-refractivity contribution in [2.24, 2.45) is 0 Å². The summed E-state index contributed by atoms with van der Waals surface area (Å²) in [5.74, 6) is 1.42. The molecular formula is C36H43ClN3O3+. The number of nitrogens with zero attached hydrogens (tertiary/aromatic N) is 2. The van der Waals surface area contributed by atoms with E-state index in [2.05, 4.69) is 57.7 Å². The second-order valence-corrected chi connectivity index (χ2v) is 11.9. The molecule has 3 aromatic carbocycles. The lowest BCUT2D eigenvalue weighted by Gasteiger charge is -2.29. The van der Waals surface area contributed by atoms with Crippen LogP contribution in [0.5, 0.6) is 5.75 Å². The molecule has 1 N–H and O–H groups in total. The number of carbonyl (C=O) groups excluding carboxylic acids is 1. The fraction of sp³-hybridized carbons (Fsp3) is 0.333. The first-order valence-electron chi connectivity index (χ1n) is 15.0. The molecule has 0 bridgehead atoms. The van der Waals surface area contributed by atoms with Crippen molar-refractivity contribution in [3.8, 4) is 28.3 Å². The zero-order valence-corrected chi connectivity index (χ0v) is 26.4. The van der Waals surface area contributed by atoms with Gasteiger partial charge in [-0.3, -0.25) is 4.79 Å². The Kier molecular flexibility index (Phi) is 11.2. The maximum atomic E-state index is 12.3. The summed E-state index contributed by atoms with van der Waals surface area (Å²) < 4.78 is 13.2. The molecule has 226 valence electrons. The van der Waals surface area contributed by atoms with Gasteiger partial charge in [0, 0.05) is 18.5 Å². The van der Waals surface area contributed by atoms with Crippen LogP contribution in [0.15, 0.2) is 84.3 Å². The molecule has 1 heterocycles. The van der Waals surface area contributed by atoms with Crippen LogP contribution in [0.2, 0.25) is 5.02 Å². The Hall–Kier alpha value is -3.87. The van der Waals surface area contributed by atoms with Crippen molar-refractivity contribution in [2.45, 2.75) is 39.0 Å². The second-order valence-electron chi connectivity index (χ2n) is 11.5. The molecule has 43 heavy (non-hydrogen) atoms. The Morgan fingerprint density at radius 2 is 1.84 bits per heavy atom. The van der Waals surface area contributed by atoms with E-state index in [0.29, 0.717) is 47.0 Å². The van der Waals surface area contributed by atoms with Crippen LogP contribution in [0.3, 0.4) is 0 Å². The highest BCUT2D eigenvalue weighted by atomic mass is 35.5. The number of carbonyl (C=O) groups is 1. The number of oxazole rings is 1. The van der Waals surface area contributed by atoms with Gasteiger partial charge in [0.05, 0.1) is 37.8 Å². The fourth-order valence-corrected chi connectivity index (χ4v) is 5.36. The third kappa shape index (κ3) is 8.59. The van der Waals surface area contributed by atoms with Gasteiger partial charge in [0.1, 0.15) is 11.3 Å². The highest BCUT2D eigenvalue weighted by molar-refractivity contribution is 6.33. The lowest BCUT2D eigenvalue weighted by Crippen LogP contribution is -2.48. The topological polar surface area (TPSA) is 64.4 Å². The maximum absolute atomic E-state index is 12.3. The van der Waals surface area contributed by atoms with Crippen LogP contribution in [0, 0.1) is 0 Å². The first-order chi connectivity index (χ1) is 20.7. The molecule has 4 aromatic rings. The van der Waals surface area contributed by atoms with E-state index in [1.54, 1.807) is 0 Å². The molecule has 0 atom stereocenters. The molecule has 0 unspecified atom stereocenters. The van der Waals surface area contributed by atoms with Crippen molar-refractivity contribution < 1.29 is 18.4 Å². The van der Waals surface area contributed by atoms with E-state index in [1.165, 1.54) is 0 Å². The van der Waals surface area contributed by atoms with E-state index >= 15 is 0 Å². The Bertz CT molecular complexity index is 1570. The van der Waals surface area contributed by atoms with E-state index in [-0.39, 0.29) is 5.91 Å². The minimum absolute atomic E-state index is 0.0974. The number of quaternary nitrogens is 1. The molecule has 6 nitrogen and oxygen atoms in total. The standard InChI is InChI=1S/C36H42ClN3O3/c1-6-9-19-38-34(41)25-40(4,5)20-12-21-42-33-18-17-27(24-28(33)14-8-3)30-22-26(13-7-2)23-32-35(30)43-36(39-32)29-15-10-11-16-31(29)37/h7-8,10-11,15-18,22-24H,2-3,6,9,12-14,19-21,25H2,1,4-5H3/p+1. The number of benzene rings is 3. The predicted molar refractivity (Wildman–Crippen MR) is 178 cm³/mol. The van der Waals surface area contributed by atoms with Crippen LogP contribution in [0.25, 0.3) is 33.7 Å². The summed E-state index contributed by atoms with van der Waals surface area (Å²) in [5.41, 5.74) is 6.34. The molecule has 0 aliphatic heterocycles. The van der Waals surface area contributed by atoms with Crippen molar-refractivity contribution in [1.29, 1.82) is 0 Å². The average Bonchev–Trinajstić information content (AvgIpc) is 3.40. The van der Waals surface area contributed by atoms with Gasteiger partial charge < -0.3 is 19.0 Å². The van der Waals surface area contributed by atoms with E-state index in [0.717, 1.165) is 71.4 Å². The number of aromatic nitrogens is 1. The molecule has 0 aliphatic carbocycles. The smallest absolute Gasteiger partial charge is 0.275 e. The van der Waals surface area contributed by atoms with Gasteiger partial charge in [-0.1, -0.05) is 55.3 Å². The van der Waals surface area contributed by atoms with Crippen molar-refractivity contribution in [3.05, 3.63) is 96.1 Å². The zero-order valence-electron chi connectivity index (χ0n) is 25.6. The zero-order chi connectivity index (χ0) is 30.8. The predicted octanol–water partition coefficient (Wildman–Crippen LogP) is 8.03. The molecule has 7 heteroatoms. The number of unbranched alkanes of at least 4 members (excludes halogenated alkanes) is 1. The minimum atomic E-state index is 0.0974. The SMILES string of the molecule is C=CCc1cc(-c2ccc(OCCC[N+](C)(C)CC(=O)NCCCC)c(CC=C)c2)c2oc(-c3ccccc3Cl)nc2c1. The number of rotatable bonds is 16. The number of likely N-dealkylation sites (N-methyl/N-ethyl adjacent to an activating group) is 1.